The molecule has 0 unspecified atom stereocenters. The van der Waals surface area contributed by atoms with Crippen LogP contribution in [0.2, 0.25) is 5.02 Å². The molecule has 0 aliphatic carbocycles. The molecule has 0 radical (unpaired) electrons. The minimum absolute atomic E-state index is 0.0518. The molecule has 2 aromatic carbocycles. The van der Waals surface area contributed by atoms with Crippen molar-refractivity contribution in [1.82, 2.24) is 0 Å². The molecule has 18 heavy (non-hydrogen) atoms. The first-order valence-corrected chi connectivity index (χ1v) is 6.25. The number of hydrogen-bond acceptors (Lipinski definition) is 1. The van der Waals surface area contributed by atoms with Gasteiger partial charge in [0.05, 0.1) is 0 Å². The zero-order valence-electron chi connectivity index (χ0n) is 10.8. The van der Waals surface area contributed by atoms with Gasteiger partial charge in [0.1, 0.15) is 0 Å². The topological polar surface area (TPSA) is 17.1 Å². The fraction of sp³-hybridized carbons (Fsp3) is 0.188. The van der Waals surface area contributed by atoms with Crippen LogP contribution in [0.25, 0.3) is 0 Å². The molecule has 0 saturated carbocycles. The SMILES string of the molecule is Cc1ccc(C)c(C(=O)c2ccc(Cl)c(C)c2)c1. The Balaban J connectivity index is 2.47. The second kappa shape index (κ2) is 4.95. The van der Waals surface area contributed by atoms with Gasteiger partial charge in [-0.05, 0) is 56.2 Å². The highest BCUT2D eigenvalue weighted by Gasteiger charge is 2.12. The highest BCUT2D eigenvalue weighted by molar-refractivity contribution is 6.31. The van der Waals surface area contributed by atoms with E-state index in [1.54, 1.807) is 12.1 Å². The van der Waals surface area contributed by atoms with Gasteiger partial charge in [-0.15, -0.1) is 0 Å². The molecule has 0 amide bonds. The third-order valence-corrected chi connectivity index (χ3v) is 3.48. The second-order valence-corrected chi connectivity index (χ2v) is 5.02. The van der Waals surface area contributed by atoms with Crippen molar-refractivity contribution in [2.75, 3.05) is 0 Å². The summed E-state index contributed by atoms with van der Waals surface area (Å²) >= 11 is 5.98. The summed E-state index contributed by atoms with van der Waals surface area (Å²) in [6.07, 6.45) is 0. The van der Waals surface area contributed by atoms with Gasteiger partial charge in [0.15, 0.2) is 5.78 Å². The van der Waals surface area contributed by atoms with E-state index in [9.17, 15) is 4.79 Å². The molecular weight excluding hydrogens is 244 g/mol. The Hall–Kier alpha value is -1.60. The average Bonchev–Trinajstić information content (AvgIpc) is 2.35. The lowest BCUT2D eigenvalue weighted by Gasteiger charge is -2.07. The minimum Gasteiger partial charge on any atom is -0.289 e. The van der Waals surface area contributed by atoms with Crippen molar-refractivity contribution in [3.05, 3.63) is 69.2 Å². The van der Waals surface area contributed by atoms with Gasteiger partial charge in [0, 0.05) is 16.1 Å². The van der Waals surface area contributed by atoms with Crippen LogP contribution in [-0.2, 0) is 0 Å². The van der Waals surface area contributed by atoms with Gasteiger partial charge >= 0.3 is 0 Å². The number of benzene rings is 2. The van der Waals surface area contributed by atoms with Crippen LogP contribution in [0.5, 0.6) is 0 Å². The Bertz CT molecular complexity index is 614. The summed E-state index contributed by atoms with van der Waals surface area (Å²) < 4.78 is 0. The van der Waals surface area contributed by atoms with Crippen LogP contribution in [0, 0.1) is 20.8 Å². The van der Waals surface area contributed by atoms with Gasteiger partial charge in [-0.3, -0.25) is 4.79 Å². The molecule has 2 aromatic rings. The lowest BCUT2D eigenvalue weighted by Crippen LogP contribution is -2.04. The molecule has 0 aromatic heterocycles. The lowest BCUT2D eigenvalue weighted by molar-refractivity contribution is 0.103. The normalized spacial score (nSPS) is 10.4. The molecule has 2 rings (SSSR count). The summed E-state index contributed by atoms with van der Waals surface area (Å²) in [6, 6.07) is 11.3. The van der Waals surface area contributed by atoms with Crippen molar-refractivity contribution < 1.29 is 4.79 Å². The minimum atomic E-state index is 0.0518. The fourth-order valence-corrected chi connectivity index (χ4v) is 2.04. The van der Waals surface area contributed by atoms with Crippen molar-refractivity contribution in [3.63, 3.8) is 0 Å². The van der Waals surface area contributed by atoms with E-state index in [4.69, 9.17) is 11.6 Å². The molecule has 0 fully saturated rings. The molecule has 0 spiro atoms. The van der Waals surface area contributed by atoms with Crippen molar-refractivity contribution >= 4 is 17.4 Å². The van der Waals surface area contributed by atoms with Gasteiger partial charge in [-0.1, -0.05) is 29.3 Å². The lowest BCUT2D eigenvalue weighted by atomic mass is 9.96. The second-order valence-electron chi connectivity index (χ2n) is 4.61. The van der Waals surface area contributed by atoms with Gasteiger partial charge < -0.3 is 0 Å². The number of rotatable bonds is 2. The van der Waals surface area contributed by atoms with Gasteiger partial charge in [0.25, 0.3) is 0 Å². The number of aryl methyl sites for hydroxylation is 3. The molecule has 0 heterocycles. The fourth-order valence-electron chi connectivity index (χ4n) is 1.92. The average molecular weight is 259 g/mol. The highest BCUT2D eigenvalue weighted by atomic mass is 35.5. The third kappa shape index (κ3) is 2.46. The van der Waals surface area contributed by atoms with Gasteiger partial charge in [-0.25, -0.2) is 0 Å². The molecule has 0 N–H and O–H groups in total. The van der Waals surface area contributed by atoms with Crippen LogP contribution in [0.15, 0.2) is 36.4 Å². The first-order chi connectivity index (χ1) is 8.49. The highest BCUT2D eigenvalue weighted by Crippen LogP contribution is 2.20. The quantitative estimate of drug-likeness (QED) is 0.725. The first kappa shape index (κ1) is 12.8. The zero-order chi connectivity index (χ0) is 13.3. The standard InChI is InChI=1S/C16H15ClO/c1-10-4-5-11(2)14(8-10)16(18)13-6-7-15(17)12(3)9-13/h4-9H,1-3H3. The Kier molecular flexibility index (Phi) is 3.53. The maximum atomic E-state index is 12.4. The summed E-state index contributed by atoms with van der Waals surface area (Å²) in [5.41, 5.74) is 4.46. The van der Waals surface area contributed by atoms with Crippen molar-refractivity contribution in [2.24, 2.45) is 0 Å². The monoisotopic (exact) mass is 258 g/mol. The number of hydrogen-bond donors (Lipinski definition) is 0. The van der Waals surface area contributed by atoms with E-state index in [1.807, 2.05) is 45.0 Å². The number of carbonyl (C=O) groups is 1. The van der Waals surface area contributed by atoms with Crippen molar-refractivity contribution in [1.29, 1.82) is 0 Å². The Labute approximate surface area is 112 Å². The number of halogens is 1. The largest absolute Gasteiger partial charge is 0.289 e. The molecule has 92 valence electrons. The van der Waals surface area contributed by atoms with Crippen LogP contribution < -0.4 is 0 Å². The molecule has 0 saturated heterocycles. The molecule has 0 atom stereocenters. The van der Waals surface area contributed by atoms with E-state index in [1.165, 1.54) is 0 Å². The van der Waals surface area contributed by atoms with E-state index < -0.39 is 0 Å². The van der Waals surface area contributed by atoms with E-state index >= 15 is 0 Å². The van der Waals surface area contributed by atoms with Crippen LogP contribution >= 0.6 is 11.6 Å². The smallest absolute Gasteiger partial charge is 0.193 e. The summed E-state index contributed by atoms with van der Waals surface area (Å²) in [7, 11) is 0. The van der Waals surface area contributed by atoms with Crippen LogP contribution in [-0.4, -0.2) is 5.78 Å². The maximum Gasteiger partial charge on any atom is 0.193 e. The molecule has 2 heteroatoms. The van der Waals surface area contributed by atoms with Gasteiger partial charge in [-0.2, -0.15) is 0 Å². The summed E-state index contributed by atoms with van der Waals surface area (Å²) in [5.74, 6) is 0.0518. The first-order valence-electron chi connectivity index (χ1n) is 5.87. The van der Waals surface area contributed by atoms with E-state index in [2.05, 4.69) is 0 Å². The summed E-state index contributed by atoms with van der Waals surface area (Å²) in [4.78, 5) is 12.4. The Morgan fingerprint density at radius 2 is 1.67 bits per heavy atom. The van der Waals surface area contributed by atoms with Gasteiger partial charge in [0.2, 0.25) is 0 Å². The predicted molar refractivity (Wildman–Crippen MR) is 75.5 cm³/mol. The third-order valence-electron chi connectivity index (χ3n) is 3.06. The summed E-state index contributed by atoms with van der Waals surface area (Å²) in [5, 5.41) is 0.688. The maximum absolute atomic E-state index is 12.4. The van der Waals surface area contributed by atoms with E-state index in [-0.39, 0.29) is 5.78 Å². The zero-order valence-corrected chi connectivity index (χ0v) is 11.5. The van der Waals surface area contributed by atoms with Crippen LogP contribution in [0.3, 0.4) is 0 Å². The Morgan fingerprint density at radius 3 is 2.33 bits per heavy atom. The molecule has 0 aliphatic heterocycles. The number of carbonyl (C=O) groups excluding carboxylic acids is 1. The predicted octanol–water partition coefficient (Wildman–Crippen LogP) is 4.50. The van der Waals surface area contributed by atoms with E-state index in [0.29, 0.717) is 10.6 Å². The van der Waals surface area contributed by atoms with Crippen LogP contribution in [0.4, 0.5) is 0 Å². The molecule has 0 aliphatic rings. The Morgan fingerprint density at radius 1 is 0.944 bits per heavy atom. The molecular formula is C16H15ClO. The molecule has 0 bridgehead atoms. The summed E-state index contributed by atoms with van der Waals surface area (Å²) in [6.45, 7) is 5.85. The van der Waals surface area contributed by atoms with E-state index in [0.717, 1.165) is 22.3 Å². The molecule has 1 nitrogen and oxygen atoms in total. The number of ketones is 1. The van der Waals surface area contributed by atoms with Crippen molar-refractivity contribution in [2.45, 2.75) is 20.8 Å². The van der Waals surface area contributed by atoms with Crippen molar-refractivity contribution in [3.8, 4) is 0 Å². The van der Waals surface area contributed by atoms with Crippen LogP contribution in [0.1, 0.15) is 32.6 Å².